The van der Waals surface area contributed by atoms with Crippen molar-refractivity contribution in [2.45, 2.75) is 45.6 Å². The van der Waals surface area contributed by atoms with Crippen molar-refractivity contribution < 1.29 is 4.39 Å². The third kappa shape index (κ3) is 4.16. The molecular weight excluding hydrogens is 341 g/mol. The zero-order valence-corrected chi connectivity index (χ0v) is 15.9. The minimum atomic E-state index is -0.368. The molecule has 1 aliphatic rings. The molecule has 1 aliphatic heterocycles. The van der Waals surface area contributed by atoms with Gasteiger partial charge in [0.2, 0.25) is 0 Å². The van der Waals surface area contributed by atoms with Crippen molar-refractivity contribution >= 4 is 11.0 Å². The summed E-state index contributed by atoms with van der Waals surface area (Å²) in [7, 11) is 0. The lowest BCUT2D eigenvalue weighted by Crippen LogP contribution is -2.39. The molecule has 2 N–H and O–H groups in total. The summed E-state index contributed by atoms with van der Waals surface area (Å²) in [6.07, 6.45) is 5.77. The molecule has 0 aromatic carbocycles. The Morgan fingerprint density at radius 2 is 2.19 bits per heavy atom. The van der Waals surface area contributed by atoms with Crippen LogP contribution in [0.3, 0.4) is 0 Å². The van der Waals surface area contributed by atoms with Gasteiger partial charge in [-0.2, -0.15) is 5.10 Å². The molecule has 142 valence electrons. The molecule has 1 fully saturated rings. The van der Waals surface area contributed by atoms with Gasteiger partial charge in [0, 0.05) is 11.7 Å². The second kappa shape index (κ2) is 7.72. The van der Waals surface area contributed by atoms with E-state index in [1.807, 2.05) is 12.1 Å². The van der Waals surface area contributed by atoms with Gasteiger partial charge in [-0.15, -0.1) is 0 Å². The van der Waals surface area contributed by atoms with Crippen LogP contribution in [0.4, 0.5) is 4.39 Å². The highest BCUT2D eigenvalue weighted by Gasteiger charge is 2.23. The summed E-state index contributed by atoms with van der Waals surface area (Å²) in [5, 5.41) is 11.4. The molecule has 2 unspecified atom stereocenters. The zero-order valence-electron chi connectivity index (χ0n) is 15.9. The standard InChI is InChI=1S/C21H26FN5/c1-13(2)8-17-10-14(6-7-23-17)9-16-4-3-5-19(25-16)20-18-11-15(22)12-24-21(18)27-26-20/h3-5,11-14,17,23H,6-10H2,1-2H3,(H,24,26,27). The van der Waals surface area contributed by atoms with Crippen LogP contribution in [0.1, 0.15) is 38.8 Å². The van der Waals surface area contributed by atoms with E-state index in [4.69, 9.17) is 4.98 Å². The lowest BCUT2D eigenvalue weighted by molar-refractivity contribution is 0.270. The molecule has 5 nitrogen and oxygen atoms in total. The fraction of sp³-hybridized carbons (Fsp3) is 0.476. The molecule has 6 heteroatoms. The highest BCUT2D eigenvalue weighted by atomic mass is 19.1. The number of rotatable bonds is 5. The average molecular weight is 367 g/mol. The van der Waals surface area contributed by atoms with E-state index in [-0.39, 0.29) is 5.82 Å². The van der Waals surface area contributed by atoms with E-state index < -0.39 is 0 Å². The SMILES string of the molecule is CC(C)CC1CC(Cc2cccc(-c3[nH]nc4ncc(F)cc34)n2)CCN1. The number of pyridine rings is 2. The highest BCUT2D eigenvalue weighted by Crippen LogP contribution is 2.27. The maximum atomic E-state index is 13.6. The van der Waals surface area contributed by atoms with Crippen LogP contribution in [0.5, 0.6) is 0 Å². The molecule has 4 heterocycles. The number of halogens is 1. The van der Waals surface area contributed by atoms with Gasteiger partial charge in [0.05, 0.1) is 23.0 Å². The number of fused-ring (bicyclic) bond motifs is 1. The van der Waals surface area contributed by atoms with Crippen molar-refractivity contribution in [2.75, 3.05) is 6.54 Å². The van der Waals surface area contributed by atoms with Gasteiger partial charge in [-0.3, -0.25) is 10.1 Å². The molecule has 0 spiro atoms. The number of nitrogens with one attached hydrogen (secondary N) is 2. The van der Waals surface area contributed by atoms with Crippen molar-refractivity contribution in [3.8, 4) is 11.4 Å². The molecule has 0 radical (unpaired) electrons. The van der Waals surface area contributed by atoms with E-state index in [0.29, 0.717) is 28.9 Å². The summed E-state index contributed by atoms with van der Waals surface area (Å²) < 4.78 is 13.6. The number of hydrogen-bond donors (Lipinski definition) is 2. The molecule has 2 atom stereocenters. The van der Waals surface area contributed by atoms with Crippen LogP contribution < -0.4 is 5.32 Å². The van der Waals surface area contributed by atoms with Crippen LogP contribution >= 0.6 is 0 Å². The van der Waals surface area contributed by atoms with Gasteiger partial charge in [0.15, 0.2) is 5.65 Å². The third-order valence-corrected chi connectivity index (χ3v) is 5.30. The van der Waals surface area contributed by atoms with Crippen molar-refractivity contribution in [3.05, 3.63) is 42.0 Å². The van der Waals surface area contributed by atoms with E-state index in [1.54, 1.807) is 0 Å². The molecule has 0 bridgehead atoms. The molecular formula is C21H26FN5. The zero-order chi connectivity index (χ0) is 18.8. The Balaban J connectivity index is 1.53. The Morgan fingerprint density at radius 1 is 1.30 bits per heavy atom. The molecule has 0 amide bonds. The Labute approximate surface area is 158 Å². The number of piperidine rings is 1. The minimum Gasteiger partial charge on any atom is -0.314 e. The van der Waals surface area contributed by atoms with E-state index in [2.05, 4.69) is 40.4 Å². The van der Waals surface area contributed by atoms with E-state index >= 15 is 0 Å². The Morgan fingerprint density at radius 3 is 3.04 bits per heavy atom. The summed E-state index contributed by atoms with van der Waals surface area (Å²) in [6.45, 7) is 5.64. The Kier molecular flexibility index (Phi) is 5.16. The van der Waals surface area contributed by atoms with Gasteiger partial charge in [0.1, 0.15) is 5.82 Å². The predicted molar refractivity (Wildman–Crippen MR) is 105 cm³/mol. The first kappa shape index (κ1) is 18.0. The first-order chi connectivity index (χ1) is 13.1. The second-order valence-electron chi connectivity index (χ2n) is 8.01. The summed E-state index contributed by atoms with van der Waals surface area (Å²) in [5.74, 6) is 0.993. The lowest BCUT2D eigenvalue weighted by Gasteiger charge is -2.31. The molecule has 27 heavy (non-hydrogen) atoms. The second-order valence-corrected chi connectivity index (χ2v) is 8.01. The molecule has 3 aromatic rings. The van der Waals surface area contributed by atoms with Crippen molar-refractivity contribution in [2.24, 2.45) is 11.8 Å². The summed E-state index contributed by atoms with van der Waals surface area (Å²) in [4.78, 5) is 8.86. The maximum Gasteiger partial charge on any atom is 0.181 e. The fourth-order valence-electron chi connectivity index (χ4n) is 4.13. The maximum absolute atomic E-state index is 13.6. The smallest absolute Gasteiger partial charge is 0.181 e. The first-order valence-electron chi connectivity index (χ1n) is 9.78. The molecule has 4 rings (SSSR count). The number of hydrogen-bond acceptors (Lipinski definition) is 4. The van der Waals surface area contributed by atoms with E-state index in [0.717, 1.165) is 30.0 Å². The number of aromatic amines is 1. The summed E-state index contributed by atoms with van der Waals surface area (Å²) in [6, 6.07) is 8.10. The minimum absolute atomic E-state index is 0.368. The quantitative estimate of drug-likeness (QED) is 0.712. The van der Waals surface area contributed by atoms with Crippen LogP contribution in [0.2, 0.25) is 0 Å². The van der Waals surface area contributed by atoms with E-state index in [1.165, 1.54) is 31.5 Å². The van der Waals surface area contributed by atoms with Crippen molar-refractivity contribution in [3.63, 3.8) is 0 Å². The number of nitrogens with zero attached hydrogens (tertiary/aromatic N) is 3. The highest BCUT2D eigenvalue weighted by molar-refractivity contribution is 5.89. The van der Waals surface area contributed by atoms with Crippen LogP contribution in [-0.2, 0) is 6.42 Å². The Bertz CT molecular complexity index is 920. The first-order valence-corrected chi connectivity index (χ1v) is 9.78. The Hall–Kier alpha value is -2.34. The van der Waals surface area contributed by atoms with Crippen molar-refractivity contribution in [1.82, 2.24) is 25.5 Å². The van der Waals surface area contributed by atoms with Gasteiger partial charge in [-0.25, -0.2) is 9.37 Å². The third-order valence-electron chi connectivity index (χ3n) is 5.30. The van der Waals surface area contributed by atoms with Gasteiger partial charge in [-0.05, 0) is 62.3 Å². The van der Waals surface area contributed by atoms with Crippen molar-refractivity contribution in [1.29, 1.82) is 0 Å². The average Bonchev–Trinajstić information content (AvgIpc) is 3.05. The van der Waals surface area contributed by atoms with Gasteiger partial charge in [-0.1, -0.05) is 19.9 Å². The topological polar surface area (TPSA) is 66.5 Å². The van der Waals surface area contributed by atoms with Crippen LogP contribution in [0.25, 0.3) is 22.4 Å². The van der Waals surface area contributed by atoms with Gasteiger partial charge in [0.25, 0.3) is 0 Å². The van der Waals surface area contributed by atoms with Gasteiger partial charge < -0.3 is 5.32 Å². The normalized spacial score (nSPS) is 20.4. The van der Waals surface area contributed by atoms with Crippen LogP contribution in [-0.4, -0.2) is 32.8 Å². The van der Waals surface area contributed by atoms with Crippen LogP contribution in [0, 0.1) is 17.7 Å². The van der Waals surface area contributed by atoms with E-state index in [9.17, 15) is 4.39 Å². The van der Waals surface area contributed by atoms with Crippen LogP contribution in [0.15, 0.2) is 30.5 Å². The lowest BCUT2D eigenvalue weighted by atomic mass is 9.85. The molecule has 1 saturated heterocycles. The largest absolute Gasteiger partial charge is 0.314 e. The number of aromatic nitrogens is 4. The summed E-state index contributed by atoms with van der Waals surface area (Å²) in [5.41, 5.74) is 3.10. The van der Waals surface area contributed by atoms with Gasteiger partial charge >= 0.3 is 0 Å². The molecule has 3 aromatic heterocycles. The monoisotopic (exact) mass is 367 g/mol. The molecule has 0 aliphatic carbocycles. The predicted octanol–water partition coefficient (Wildman–Crippen LogP) is 4.12. The number of H-pyrrole nitrogens is 1. The fourth-order valence-corrected chi connectivity index (χ4v) is 4.13. The molecule has 0 saturated carbocycles. The summed E-state index contributed by atoms with van der Waals surface area (Å²) >= 11 is 0.